The Hall–Kier alpha value is -2.10. The number of nitrogens with zero attached hydrogens (tertiary/aromatic N) is 2. The number of carbonyl (C=O) groups excluding carboxylic acids is 1. The molecule has 1 heterocycles. The summed E-state index contributed by atoms with van der Waals surface area (Å²) in [5.41, 5.74) is 2.40. The van der Waals surface area contributed by atoms with Gasteiger partial charge in [0.25, 0.3) is 5.91 Å². The van der Waals surface area contributed by atoms with Crippen LogP contribution in [0.25, 0.3) is 0 Å². The first kappa shape index (κ1) is 10.4. The summed E-state index contributed by atoms with van der Waals surface area (Å²) in [7, 11) is 1.70. The SMILES string of the molecule is C=C1C(=O)NC(c2ccc(C)cc2)=NN1C. The number of carbonyl (C=O) groups is 1. The average Bonchev–Trinajstić information content (AvgIpc) is 2.26. The molecule has 0 aliphatic carbocycles. The monoisotopic (exact) mass is 215 g/mol. The lowest BCUT2D eigenvalue weighted by molar-refractivity contribution is -0.117. The molecule has 0 unspecified atom stereocenters. The second kappa shape index (κ2) is 3.81. The topological polar surface area (TPSA) is 44.7 Å². The maximum Gasteiger partial charge on any atom is 0.274 e. The van der Waals surface area contributed by atoms with E-state index in [2.05, 4.69) is 17.0 Å². The molecule has 0 bridgehead atoms. The number of hydrogen-bond donors (Lipinski definition) is 1. The molecule has 0 saturated heterocycles. The molecule has 4 heteroatoms. The zero-order valence-electron chi connectivity index (χ0n) is 9.32. The van der Waals surface area contributed by atoms with Crippen LogP contribution in [-0.2, 0) is 4.79 Å². The molecule has 0 atom stereocenters. The maximum atomic E-state index is 11.5. The van der Waals surface area contributed by atoms with Gasteiger partial charge >= 0.3 is 0 Å². The highest BCUT2D eigenvalue weighted by Gasteiger charge is 2.20. The minimum atomic E-state index is -0.215. The standard InChI is InChI=1S/C12H13N3O/c1-8-4-6-10(7-5-8)11-13-12(16)9(2)15(3)14-11/h4-7H,2H2,1,3H3,(H,13,14,16). The first-order chi connectivity index (χ1) is 7.58. The highest BCUT2D eigenvalue weighted by Crippen LogP contribution is 2.10. The van der Waals surface area contributed by atoms with Crippen molar-refractivity contribution in [2.24, 2.45) is 5.10 Å². The van der Waals surface area contributed by atoms with Crippen molar-refractivity contribution in [3.05, 3.63) is 47.7 Å². The van der Waals surface area contributed by atoms with E-state index in [1.807, 2.05) is 31.2 Å². The van der Waals surface area contributed by atoms with Crippen molar-refractivity contribution in [3.8, 4) is 0 Å². The Bertz CT molecular complexity index is 474. The van der Waals surface area contributed by atoms with E-state index in [-0.39, 0.29) is 5.91 Å². The molecule has 0 spiro atoms. The molecule has 0 radical (unpaired) electrons. The molecular weight excluding hydrogens is 202 g/mol. The van der Waals surface area contributed by atoms with Crippen LogP contribution >= 0.6 is 0 Å². The number of nitrogens with one attached hydrogen (secondary N) is 1. The fraction of sp³-hybridized carbons (Fsp3) is 0.167. The smallest absolute Gasteiger partial charge is 0.274 e. The molecule has 4 nitrogen and oxygen atoms in total. The summed E-state index contributed by atoms with van der Waals surface area (Å²) in [6.07, 6.45) is 0. The van der Waals surface area contributed by atoms with Crippen LogP contribution in [0.4, 0.5) is 0 Å². The van der Waals surface area contributed by atoms with Crippen molar-refractivity contribution >= 4 is 11.7 Å². The van der Waals surface area contributed by atoms with E-state index in [0.717, 1.165) is 5.56 Å². The minimum absolute atomic E-state index is 0.215. The summed E-state index contributed by atoms with van der Waals surface area (Å²) in [4.78, 5) is 11.5. The molecular formula is C12H13N3O. The van der Waals surface area contributed by atoms with Crippen molar-refractivity contribution in [1.82, 2.24) is 10.3 Å². The molecule has 0 saturated carbocycles. The maximum absolute atomic E-state index is 11.5. The summed E-state index contributed by atoms with van der Waals surface area (Å²) in [5, 5.41) is 8.41. The fourth-order valence-electron chi connectivity index (χ4n) is 1.40. The third-order valence-electron chi connectivity index (χ3n) is 2.46. The van der Waals surface area contributed by atoms with Crippen LogP contribution in [0.5, 0.6) is 0 Å². The van der Waals surface area contributed by atoms with Gasteiger partial charge in [0.15, 0.2) is 5.84 Å². The van der Waals surface area contributed by atoms with Crippen molar-refractivity contribution in [2.45, 2.75) is 6.92 Å². The minimum Gasteiger partial charge on any atom is -0.303 e. The van der Waals surface area contributed by atoms with Gasteiger partial charge in [-0.15, -0.1) is 0 Å². The Morgan fingerprint density at radius 3 is 2.50 bits per heavy atom. The molecule has 16 heavy (non-hydrogen) atoms. The molecule has 0 aromatic heterocycles. The zero-order chi connectivity index (χ0) is 11.7. The van der Waals surface area contributed by atoms with Crippen LogP contribution in [-0.4, -0.2) is 23.8 Å². The molecule has 1 amide bonds. The van der Waals surface area contributed by atoms with E-state index in [9.17, 15) is 4.79 Å². The molecule has 1 aliphatic heterocycles. The van der Waals surface area contributed by atoms with Crippen LogP contribution < -0.4 is 5.32 Å². The number of amidine groups is 1. The number of amides is 1. The number of benzene rings is 1. The summed E-state index contributed by atoms with van der Waals surface area (Å²) in [6, 6.07) is 7.81. The molecule has 82 valence electrons. The summed E-state index contributed by atoms with van der Waals surface area (Å²) >= 11 is 0. The summed E-state index contributed by atoms with van der Waals surface area (Å²) in [5.74, 6) is 0.341. The summed E-state index contributed by atoms with van der Waals surface area (Å²) in [6.45, 7) is 5.64. The molecule has 1 aromatic carbocycles. The van der Waals surface area contributed by atoms with E-state index in [1.54, 1.807) is 7.05 Å². The van der Waals surface area contributed by atoms with Gasteiger partial charge in [0.2, 0.25) is 0 Å². The van der Waals surface area contributed by atoms with Gasteiger partial charge < -0.3 is 5.32 Å². The van der Waals surface area contributed by atoms with E-state index < -0.39 is 0 Å². The lowest BCUT2D eigenvalue weighted by atomic mass is 10.1. The number of likely N-dealkylation sites (N-methyl/N-ethyl adjacent to an activating group) is 1. The highest BCUT2D eigenvalue weighted by atomic mass is 16.2. The van der Waals surface area contributed by atoms with Gasteiger partial charge in [-0.25, -0.2) is 0 Å². The zero-order valence-corrected chi connectivity index (χ0v) is 9.32. The Morgan fingerprint density at radius 2 is 1.94 bits per heavy atom. The van der Waals surface area contributed by atoms with Crippen molar-refractivity contribution in [3.63, 3.8) is 0 Å². The first-order valence-corrected chi connectivity index (χ1v) is 4.97. The Balaban J connectivity index is 2.35. The van der Waals surface area contributed by atoms with Gasteiger partial charge in [0.1, 0.15) is 5.70 Å². The summed E-state index contributed by atoms with van der Waals surface area (Å²) < 4.78 is 0. The average molecular weight is 215 g/mol. The van der Waals surface area contributed by atoms with Crippen LogP contribution in [0.3, 0.4) is 0 Å². The lowest BCUT2D eigenvalue weighted by Gasteiger charge is -2.23. The van der Waals surface area contributed by atoms with E-state index in [1.165, 1.54) is 10.6 Å². The number of hydrazone groups is 1. The van der Waals surface area contributed by atoms with Crippen molar-refractivity contribution in [1.29, 1.82) is 0 Å². The third-order valence-corrected chi connectivity index (χ3v) is 2.46. The van der Waals surface area contributed by atoms with Gasteiger partial charge in [-0.2, -0.15) is 5.10 Å². The normalized spacial score (nSPS) is 15.9. The quantitative estimate of drug-likeness (QED) is 0.716. The van der Waals surface area contributed by atoms with Gasteiger partial charge in [0, 0.05) is 12.6 Å². The van der Waals surface area contributed by atoms with Crippen molar-refractivity contribution < 1.29 is 4.79 Å². The second-order valence-electron chi connectivity index (χ2n) is 3.74. The molecule has 2 rings (SSSR count). The van der Waals surface area contributed by atoms with E-state index >= 15 is 0 Å². The fourth-order valence-corrected chi connectivity index (χ4v) is 1.40. The molecule has 1 N–H and O–H groups in total. The third kappa shape index (κ3) is 1.82. The largest absolute Gasteiger partial charge is 0.303 e. The van der Waals surface area contributed by atoms with Crippen LogP contribution in [0.15, 0.2) is 41.6 Å². The molecule has 1 aromatic rings. The Morgan fingerprint density at radius 1 is 1.31 bits per heavy atom. The Kier molecular flexibility index (Phi) is 2.48. The van der Waals surface area contributed by atoms with Gasteiger partial charge in [0.05, 0.1) is 0 Å². The number of aryl methyl sites for hydroxylation is 1. The first-order valence-electron chi connectivity index (χ1n) is 4.97. The molecule has 0 fully saturated rings. The van der Waals surface area contributed by atoms with Gasteiger partial charge in [-0.05, 0) is 6.92 Å². The van der Waals surface area contributed by atoms with Crippen LogP contribution in [0.2, 0.25) is 0 Å². The number of rotatable bonds is 1. The van der Waals surface area contributed by atoms with E-state index in [0.29, 0.717) is 11.5 Å². The predicted octanol–water partition coefficient (Wildman–Crippen LogP) is 1.23. The van der Waals surface area contributed by atoms with E-state index in [4.69, 9.17) is 0 Å². The lowest BCUT2D eigenvalue weighted by Crippen LogP contribution is -2.41. The van der Waals surface area contributed by atoms with Crippen molar-refractivity contribution in [2.75, 3.05) is 7.05 Å². The molecule has 1 aliphatic rings. The predicted molar refractivity (Wildman–Crippen MR) is 62.8 cm³/mol. The van der Waals surface area contributed by atoms with Crippen LogP contribution in [0.1, 0.15) is 11.1 Å². The van der Waals surface area contributed by atoms with Gasteiger partial charge in [-0.3, -0.25) is 9.80 Å². The number of hydrogen-bond acceptors (Lipinski definition) is 3. The highest BCUT2D eigenvalue weighted by molar-refractivity contribution is 6.13. The second-order valence-corrected chi connectivity index (χ2v) is 3.74. The van der Waals surface area contributed by atoms with Crippen LogP contribution in [0, 0.1) is 6.92 Å². The van der Waals surface area contributed by atoms with Gasteiger partial charge in [-0.1, -0.05) is 36.4 Å². The Labute approximate surface area is 94.3 Å².